The van der Waals surface area contributed by atoms with Crippen molar-refractivity contribution in [2.75, 3.05) is 0 Å². The molecule has 0 heterocycles. The summed E-state index contributed by atoms with van der Waals surface area (Å²) < 4.78 is 0. The maximum Gasteiger partial charge on any atom is -0.0326 e. The van der Waals surface area contributed by atoms with Crippen LogP contribution in [-0.2, 0) is 0 Å². The molecule has 0 aromatic heterocycles. The van der Waals surface area contributed by atoms with Crippen molar-refractivity contribution >= 4 is 0 Å². The van der Waals surface area contributed by atoms with E-state index < -0.39 is 0 Å². The quantitative estimate of drug-likeness (QED) is 0.447. The summed E-state index contributed by atoms with van der Waals surface area (Å²) in [6, 6.07) is 0. The Bertz CT molecular complexity index is 426. The highest BCUT2D eigenvalue weighted by atomic mass is 14.5. The van der Waals surface area contributed by atoms with E-state index in [0.717, 1.165) is 59.2 Å². The molecule has 0 nitrogen and oxygen atoms in total. The van der Waals surface area contributed by atoms with Gasteiger partial charge in [0.1, 0.15) is 0 Å². The van der Waals surface area contributed by atoms with E-state index in [1.54, 1.807) is 25.7 Å². The second kappa shape index (κ2) is 9.00. The van der Waals surface area contributed by atoms with Gasteiger partial charge in [-0.15, -0.1) is 0 Å². The van der Waals surface area contributed by atoms with E-state index in [-0.39, 0.29) is 0 Å². The first-order chi connectivity index (χ1) is 12.5. The minimum Gasteiger partial charge on any atom is -0.0654 e. The lowest BCUT2D eigenvalue weighted by Gasteiger charge is -2.52. The molecule has 0 heteroatoms. The van der Waals surface area contributed by atoms with Gasteiger partial charge in [-0.25, -0.2) is 0 Å². The highest BCUT2D eigenvalue weighted by Gasteiger charge is 2.50. The number of hydrogen-bond donors (Lipinski definition) is 0. The highest BCUT2D eigenvalue weighted by Crippen LogP contribution is 2.57. The second-order valence-corrected chi connectivity index (χ2v) is 10.9. The Hall–Kier alpha value is 0. The molecule has 0 N–H and O–H groups in total. The van der Waals surface area contributed by atoms with Gasteiger partial charge in [-0.2, -0.15) is 0 Å². The molecule has 0 spiro atoms. The lowest BCUT2D eigenvalue weighted by molar-refractivity contribution is -0.0331. The Kier molecular flexibility index (Phi) is 7.17. The van der Waals surface area contributed by atoms with E-state index in [9.17, 15) is 0 Å². The van der Waals surface area contributed by atoms with E-state index in [0.29, 0.717) is 0 Å². The molecule has 3 saturated carbocycles. The summed E-state index contributed by atoms with van der Waals surface area (Å²) >= 11 is 0. The lowest BCUT2D eigenvalue weighted by Crippen LogP contribution is -2.45. The summed E-state index contributed by atoms with van der Waals surface area (Å²) in [6.07, 6.45) is 15.0. The Morgan fingerprint density at radius 3 is 2.04 bits per heavy atom. The number of fused-ring (bicyclic) bond motifs is 1. The number of hydrogen-bond acceptors (Lipinski definition) is 0. The Balaban J connectivity index is 1.77. The van der Waals surface area contributed by atoms with E-state index in [1.165, 1.54) is 38.5 Å². The number of rotatable bonds is 6. The molecular formula is C26H48. The second-order valence-electron chi connectivity index (χ2n) is 10.9. The minimum absolute atomic E-state index is 0.934. The van der Waals surface area contributed by atoms with E-state index in [1.807, 2.05) is 0 Å². The van der Waals surface area contributed by atoms with Gasteiger partial charge < -0.3 is 0 Å². The maximum atomic E-state index is 2.65. The molecule has 3 aliphatic rings. The van der Waals surface area contributed by atoms with Gasteiger partial charge in [-0.1, -0.05) is 73.6 Å². The SMILES string of the molecule is CCCCC1C(C)C(CC)C(C)C(C)C1C1CC2CCC(CC)CC2C1. The van der Waals surface area contributed by atoms with E-state index in [4.69, 9.17) is 0 Å². The molecule has 3 rings (SSSR count). The molecule has 0 aromatic carbocycles. The standard InChI is InChI=1S/C26H48/c1-7-10-11-25-19(6)24(9-3)17(4)18(5)26(25)23-15-21-13-12-20(8-2)14-22(21)16-23/h17-26H,7-16H2,1-6H3. The van der Waals surface area contributed by atoms with Crippen LogP contribution < -0.4 is 0 Å². The zero-order valence-electron chi connectivity index (χ0n) is 18.8. The smallest absolute Gasteiger partial charge is 0.0326 e. The van der Waals surface area contributed by atoms with Crippen molar-refractivity contribution in [3.63, 3.8) is 0 Å². The molecule has 0 saturated heterocycles. The first-order valence-corrected chi connectivity index (χ1v) is 12.5. The molecule has 0 aliphatic heterocycles. The van der Waals surface area contributed by atoms with Crippen LogP contribution in [0.25, 0.3) is 0 Å². The number of unbranched alkanes of at least 4 members (excludes halogenated alkanes) is 1. The Morgan fingerprint density at radius 2 is 1.38 bits per heavy atom. The summed E-state index contributed by atoms with van der Waals surface area (Å²) in [5, 5.41) is 0. The predicted octanol–water partition coefficient (Wildman–Crippen LogP) is 8.21. The van der Waals surface area contributed by atoms with Crippen LogP contribution in [0.4, 0.5) is 0 Å². The van der Waals surface area contributed by atoms with Gasteiger partial charge in [0.05, 0.1) is 0 Å². The largest absolute Gasteiger partial charge is 0.0654 e. The molecule has 26 heavy (non-hydrogen) atoms. The molecule has 10 atom stereocenters. The first kappa shape index (κ1) is 20.7. The molecule has 152 valence electrons. The molecule has 10 unspecified atom stereocenters. The zero-order chi connectivity index (χ0) is 18.8. The van der Waals surface area contributed by atoms with Crippen LogP contribution in [0.15, 0.2) is 0 Å². The lowest BCUT2D eigenvalue weighted by atomic mass is 9.53. The molecular weight excluding hydrogens is 312 g/mol. The Morgan fingerprint density at radius 1 is 0.654 bits per heavy atom. The fraction of sp³-hybridized carbons (Fsp3) is 1.00. The van der Waals surface area contributed by atoms with Crippen molar-refractivity contribution in [3.05, 3.63) is 0 Å². The molecule has 3 fully saturated rings. The molecule has 0 amide bonds. The average Bonchev–Trinajstić information content (AvgIpc) is 3.06. The van der Waals surface area contributed by atoms with Gasteiger partial charge in [-0.05, 0) is 91.3 Å². The summed E-state index contributed by atoms with van der Waals surface area (Å²) in [6.45, 7) is 15.2. The van der Waals surface area contributed by atoms with Crippen molar-refractivity contribution < 1.29 is 0 Å². The predicted molar refractivity (Wildman–Crippen MR) is 115 cm³/mol. The van der Waals surface area contributed by atoms with Crippen molar-refractivity contribution in [1.82, 2.24) is 0 Å². The molecule has 3 aliphatic carbocycles. The highest BCUT2D eigenvalue weighted by molar-refractivity contribution is 4.99. The van der Waals surface area contributed by atoms with Gasteiger partial charge in [0.2, 0.25) is 0 Å². The van der Waals surface area contributed by atoms with Crippen LogP contribution in [0.5, 0.6) is 0 Å². The van der Waals surface area contributed by atoms with Gasteiger partial charge >= 0.3 is 0 Å². The third kappa shape index (κ3) is 3.91. The van der Waals surface area contributed by atoms with Crippen LogP contribution in [0.3, 0.4) is 0 Å². The summed E-state index contributed by atoms with van der Waals surface area (Å²) in [7, 11) is 0. The van der Waals surface area contributed by atoms with Crippen molar-refractivity contribution in [2.45, 2.75) is 106 Å². The van der Waals surface area contributed by atoms with Crippen molar-refractivity contribution in [2.24, 2.45) is 59.2 Å². The fourth-order valence-corrected chi connectivity index (χ4v) is 8.28. The van der Waals surface area contributed by atoms with Crippen molar-refractivity contribution in [1.29, 1.82) is 0 Å². The molecule has 0 aromatic rings. The topological polar surface area (TPSA) is 0 Å². The third-order valence-electron chi connectivity index (χ3n) is 9.90. The van der Waals surface area contributed by atoms with Gasteiger partial charge in [0.25, 0.3) is 0 Å². The molecule has 0 bridgehead atoms. The normalized spacial score (nSPS) is 49.2. The zero-order valence-corrected chi connectivity index (χ0v) is 18.8. The van der Waals surface area contributed by atoms with Crippen LogP contribution in [0.2, 0.25) is 0 Å². The van der Waals surface area contributed by atoms with Crippen LogP contribution in [0.1, 0.15) is 106 Å². The van der Waals surface area contributed by atoms with Crippen LogP contribution in [0, 0.1) is 59.2 Å². The van der Waals surface area contributed by atoms with E-state index >= 15 is 0 Å². The van der Waals surface area contributed by atoms with Crippen molar-refractivity contribution in [3.8, 4) is 0 Å². The van der Waals surface area contributed by atoms with Crippen LogP contribution in [-0.4, -0.2) is 0 Å². The maximum absolute atomic E-state index is 2.65. The van der Waals surface area contributed by atoms with E-state index in [2.05, 4.69) is 41.5 Å². The molecule has 0 radical (unpaired) electrons. The summed E-state index contributed by atoms with van der Waals surface area (Å²) in [5.74, 6) is 10.1. The first-order valence-electron chi connectivity index (χ1n) is 12.5. The third-order valence-corrected chi connectivity index (χ3v) is 9.90. The van der Waals surface area contributed by atoms with Gasteiger partial charge in [-0.3, -0.25) is 0 Å². The minimum atomic E-state index is 0.934. The fourth-order valence-electron chi connectivity index (χ4n) is 8.28. The van der Waals surface area contributed by atoms with Crippen LogP contribution >= 0.6 is 0 Å². The summed E-state index contributed by atoms with van der Waals surface area (Å²) in [4.78, 5) is 0. The monoisotopic (exact) mass is 360 g/mol. The Labute approximate surface area is 165 Å². The van der Waals surface area contributed by atoms with Gasteiger partial charge in [0, 0.05) is 0 Å². The summed E-state index contributed by atoms with van der Waals surface area (Å²) in [5.41, 5.74) is 0. The van der Waals surface area contributed by atoms with Gasteiger partial charge in [0.15, 0.2) is 0 Å². The average molecular weight is 361 g/mol.